The number of alkyl carbamates (subject to hydrolysis) is 1. The zero-order valence-corrected chi connectivity index (χ0v) is 28.8. The highest BCUT2D eigenvalue weighted by atomic mass is 16.7. The number of nitrogens with one attached hydrogen (secondary N) is 2. The van der Waals surface area contributed by atoms with Crippen LogP contribution in [0.4, 0.5) is 4.79 Å². The smallest absolute Gasteiger partial charge is 0.407 e. The van der Waals surface area contributed by atoms with Gasteiger partial charge in [-0.1, -0.05) is 58.0 Å². The summed E-state index contributed by atoms with van der Waals surface area (Å²) in [7, 11) is 0. The second-order valence-electron chi connectivity index (χ2n) is 15.6. The lowest BCUT2D eigenvalue weighted by atomic mass is 9.52. The largest absolute Gasteiger partial charge is 0.459 e. The molecule has 1 spiro atoms. The second-order valence-corrected chi connectivity index (χ2v) is 15.6. The summed E-state index contributed by atoms with van der Waals surface area (Å²) in [5.41, 5.74) is -15.5. The number of aromatic amines is 1. The highest BCUT2D eigenvalue weighted by molar-refractivity contribution is 5.87. The lowest BCUT2D eigenvalue weighted by molar-refractivity contribution is -0.390. The number of esters is 2. The van der Waals surface area contributed by atoms with E-state index in [2.05, 4.69) is 10.3 Å². The summed E-state index contributed by atoms with van der Waals surface area (Å²) >= 11 is 0. The van der Waals surface area contributed by atoms with Crippen LogP contribution in [0.2, 0.25) is 0 Å². The Bertz CT molecular complexity index is 1710. The minimum atomic E-state index is -2.75. The Morgan fingerprint density at radius 3 is 2.36 bits per heavy atom. The van der Waals surface area contributed by atoms with Crippen molar-refractivity contribution in [2.24, 2.45) is 22.7 Å². The van der Waals surface area contributed by atoms with Crippen LogP contribution >= 0.6 is 0 Å². The van der Waals surface area contributed by atoms with E-state index in [1.54, 1.807) is 39.0 Å². The van der Waals surface area contributed by atoms with Gasteiger partial charge in [0.05, 0.1) is 11.8 Å². The van der Waals surface area contributed by atoms with Crippen LogP contribution in [-0.2, 0) is 30.3 Å². The van der Waals surface area contributed by atoms with Gasteiger partial charge in [-0.15, -0.1) is 0 Å². The molecule has 50 heavy (non-hydrogen) atoms. The maximum absolute atomic E-state index is 13.5. The van der Waals surface area contributed by atoms with Gasteiger partial charge in [0.2, 0.25) is 0 Å². The predicted molar refractivity (Wildman–Crippen MR) is 172 cm³/mol. The van der Waals surface area contributed by atoms with Crippen LogP contribution in [0.1, 0.15) is 76.4 Å². The molecule has 7 N–H and O–H groups in total. The van der Waals surface area contributed by atoms with E-state index < -0.39 is 93.1 Å². The van der Waals surface area contributed by atoms with Gasteiger partial charge >= 0.3 is 18.0 Å². The van der Waals surface area contributed by atoms with Gasteiger partial charge in [-0.2, -0.15) is 0 Å². The van der Waals surface area contributed by atoms with E-state index in [4.69, 9.17) is 18.9 Å². The van der Waals surface area contributed by atoms with Crippen LogP contribution in [0.5, 0.6) is 0 Å². The first kappa shape index (κ1) is 34.9. The average Bonchev–Trinajstić information content (AvgIpc) is 3.70. The van der Waals surface area contributed by atoms with Crippen LogP contribution in [-0.4, -0.2) is 101 Å². The number of ether oxygens (including phenoxy) is 4. The van der Waals surface area contributed by atoms with E-state index in [0.717, 1.165) is 5.56 Å². The Kier molecular flexibility index (Phi) is 7.50. The molecule has 0 radical (unpaired) electrons. The van der Waals surface area contributed by atoms with Crippen molar-refractivity contribution in [2.45, 2.75) is 113 Å². The number of H-pyrrole nitrogens is 1. The molecule has 2 saturated heterocycles. The fourth-order valence-electron chi connectivity index (χ4n) is 11.0. The maximum atomic E-state index is 13.5. The fourth-order valence-corrected chi connectivity index (χ4v) is 11.0. The summed E-state index contributed by atoms with van der Waals surface area (Å²) in [4.78, 5) is 42.0. The molecule has 1 amide bonds. The van der Waals surface area contributed by atoms with E-state index in [1.165, 1.54) is 26.1 Å². The van der Waals surface area contributed by atoms with Gasteiger partial charge in [0.15, 0.2) is 17.5 Å². The number of benzene rings is 1. The molecule has 6 fully saturated rings. The summed E-state index contributed by atoms with van der Waals surface area (Å²) in [6.07, 6.45) is -3.13. The third-order valence-corrected chi connectivity index (χ3v) is 13.3. The van der Waals surface area contributed by atoms with Crippen molar-refractivity contribution in [1.29, 1.82) is 0 Å². The number of aliphatic hydroxyl groups is 5. The number of carbonyl (C=O) groups is 3. The van der Waals surface area contributed by atoms with Gasteiger partial charge in [0.1, 0.15) is 40.8 Å². The van der Waals surface area contributed by atoms with Crippen molar-refractivity contribution in [2.75, 3.05) is 6.54 Å². The molecule has 3 heterocycles. The van der Waals surface area contributed by atoms with Crippen LogP contribution in [0.3, 0.4) is 0 Å². The predicted octanol–water partition coefficient (Wildman–Crippen LogP) is 1.68. The summed E-state index contributed by atoms with van der Waals surface area (Å²) < 4.78 is 23.7. The van der Waals surface area contributed by atoms with E-state index in [-0.39, 0.29) is 38.1 Å². The quantitative estimate of drug-likeness (QED) is 0.147. The molecule has 14 heteroatoms. The molecule has 8 rings (SSSR count). The Morgan fingerprint density at radius 1 is 1.02 bits per heavy atom. The number of hydrogen-bond donors (Lipinski definition) is 7. The molecule has 6 aliphatic rings. The normalized spacial score (nSPS) is 45.0. The molecule has 4 aliphatic carbocycles. The van der Waals surface area contributed by atoms with Crippen LogP contribution in [0.25, 0.3) is 0 Å². The summed E-state index contributed by atoms with van der Waals surface area (Å²) in [6.45, 7) is 7.65. The van der Waals surface area contributed by atoms with Crippen LogP contribution in [0.15, 0.2) is 48.7 Å². The molecule has 2 aromatic rings. The Morgan fingerprint density at radius 2 is 1.72 bits per heavy atom. The first-order chi connectivity index (χ1) is 23.4. The van der Waals surface area contributed by atoms with Gasteiger partial charge in [0, 0.05) is 24.6 Å². The van der Waals surface area contributed by atoms with Crippen molar-refractivity contribution < 1.29 is 58.9 Å². The van der Waals surface area contributed by atoms with E-state index in [1.807, 2.05) is 18.2 Å². The van der Waals surface area contributed by atoms with Crippen molar-refractivity contribution in [3.8, 4) is 0 Å². The number of amides is 1. The molecule has 11 atom stereocenters. The molecule has 6 bridgehead atoms. The van der Waals surface area contributed by atoms with Gasteiger partial charge in [-0.25, -0.2) is 9.59 Å². The zero-order chi connectivity index (χ0) is 36.3. The average molecular weight is 699 g/mol. The number of carbonyl (C=O) groups excluding carboxylic acids is 3. The minimum Gasteiger partial charge on any atom is -0.459 e. The van der Waals surface area contributed by atoms with Gasteiger partial charge in [-0.05, 0) is 49.3 Å². The standard InChI is InChI=1S/C36H46N2O12/c1-20(2)33(44)27(49-26(40)23-12-9-16-37-23)34(45)29(4)19-32(43)30(33,5)36(34,46)35(50-32)25(21(3)13-15-31(29,35)42)48-24(39)14-17-38-28(41)47-18-22-10-7-6-8-11-22/h6-12,16,20-21,25,27,37,42-46H,13-15,17-19H2,1-5H3,(H,38,41)/t21-,25+,27+,29-,30+,31-,32-,33+,34+,35+,36+/m0/s1. The molecule has 2 aliphatic heterocycles. The maximum Gasteiger partial charge on any atom is 0.407 e. The van der Waals surface area contributed by atoms with Crippen molar-refractivity contribution >= 4 is 18.0 Å². The third kappa shape index (κ3) is 3.61. The summed E-state index contributed by atoms with van der Waals surface area (Å²) in [5, 5.41) is 67.4. The second kappa shape index (κ2) is 10.7. The van der Waals surface area contributed by atoms with Gasteiger partial charge < -0.3 is 54.8 Å². The Balaban J connectivity index is 1.24. The number of aromatic nitrogens is 1. The molecule has 0 unspecified atom stereocenters. The third-order valence-electron chi connectivity index (χ3n) is 13.3. The number of hydrogen-bond acceptors (Lipinski definition) is 12. The van der Waals surface area contributed by atoms with Gasteiger partial charge in [0.25, 0.3) is 0 Å². The summed E-state index contributed by atoms with van der Waals surface area (Å²) in [5.74, 6) is -5.60. The van der Waals surface area contributed by atoms with Crippen molar-refractivity contribution in [3.05, 3.63) is 59.9 Å². The zero-order valence-electron chi connectivity index (χ0n) is 28.8. The highest BCUT2D eigenvalue weighted by Crippen LogP contribution is 2.90. The van der Waals surface area contributed by atoms with Crippen molar-refractivity contribution in [3.63, 3.8) is 0 Å². The van der Waals surface area contributed by atoms with Crippen LogP contribution in [0, 0.1) is 22.7 Å². The molecule has 272 valence electrons. The lowest BCUT2D eigenvalue weighted by Gasteiger charge is -2.61. The molecule has 1 aromatic heterocycles. The first-order valence-corrected chi connectivity index (χ1v) is 17.2. The van der Waals surface area contributed by atoms with Gasteiger partial charge in [-0.3, -0.25) is 4.79 Å². The molecular formula is C36H46N2O12. The van der Waals surface area contributed by atoms with Crippen molar-refractivity contribution in [1.82, 2.24) is 10.3 Å². The lowest BCUT2D eigenvalue weighted by Crippen LogP contribution is -2.75. The highest BCUT2D eigenvalue weighted by Gasteiger charge is 3.10. The monoisotopic (exact) mass is 698 g/mol. The van der Waals surface area contributed by atoms with Crippen LogP contribution < -0.4 is 5.32 Å². The molecular weight excluding hydrogens is 652 g/mol. The summed E-state index contributed by atoms with van der Waals surface area (Å²) in [6, 6.07) is 12.1. The topological polar surface area (TPSA) is 217 Å². The minimum absolute atomic E-state index is 0.0168. The molecule has 14 nitrogen and oxygen atoms in total. The van der Waals surface area contributed by atoms with E-state index in [0.29, 0.717) is 0 Å². The molecule has 4 saturated carbocycles. The number of rotatable bonds is 9. The Hall–Kier alpha value is -3.53. The fraction of sp³-hybridized carbons (Fsp3) is 0.639. The van der Waals surface area contributed by atoms with E-state index in [9.17, 15) is 39.9 Å². The van der Waals surface area contributed by atoms with E-state index >= 15 is 0 Å². The molecule has 1 aromatic carbocycles. The SMILES string of the molecule is CC(C)[C@@]1(O)[C@@H](OC(=O)c2ccc[nH]2)[C@@]2(O)[C@@]3(C)C[C@]4(O)O[C@@]5([C@H](OC(=O)CCNC(=O)OCc6ccccc6)[C@@H](C)CC[C@]35O)[C@@]2(O)[C@@]14C. The first-order valence-electron chi connectivity index (χ1n) is 17.2. The Labute approximate surface area is 289 Å².